The van der Waals surface area contributed by atoms with Crippen molar-refractivity contribution in [2.75, 3.05) is 5.32 Å². The van der Waals surface area contributed by atoms with E-state index in [1.807, 2.05) is 0 Å². The number of amides is 1. The van der Waals surface area contributed by atoms with Crippen molar-refractivity contribution in [1.82, 2.24) is 5.16 Å². The van der Waals surface area contributed by atoms with Crippen LogP contribution in [0.3, 0.4) is 0 Å². The fourth-order valence-electron chi connectivity index (χ4n) is 1.21. The minimum absolute atomic E-state index is 0.0877. The number of carboxylic acids is 1. The summed E-state index contributed by atoms with van der Waals surface area (Å²) in [6.45, 7) is 0. The predicted molar refractivity (Wildman–Crippen MR) is 65.6 cm³/mol. The highest BCUT2D eigenvalue weighted by Gasteiger charge is 2.16. The van der Waals surface area contributed by atoms with E-state index in [-0.39, 0.29) is 11.5 Å². The van der Waals surface area contributed by atoms with Gasteiger partial charge in [-0.25, -0.2) is 4.79 Å². The topological polar surface area (TPSA) is 92.4 Å². The molecule has 0 saturated heterocycles. The number of nitrogens with zero attached hydrogens (tertiary/aromatic N) is 1. The molecule has 0 aliphatic carbocycles. The average molecular weight is 311 g/mol. The Hall–Kier alpha value is -2.15. The van der Waals surface area contributed by atoms with Crippen LogP contribution in [0.2, 0.25) is 0 Å². The molecule has 0 fully saturated rings. The van der Waals surface area contributed by atoms with Crippen LogP contribution in [0.15, 0.2) is 39.3 Å². The van der Waals surface area contributed by atoms with Gasteiger partial charge in [0.1, 0.15) is 0 Å². The van der Waals surface area contributed by atoms with E-state index >= 15 is 0 Å². The molecule has 2 rings (SSSR count). The third-order valence-electron chi connectivity index (χ3n) is 2.06. The zero-order chi connectivity index (χ0) is 13.1. The van der Waals surface area contributed by atoms with Gasteiger partial charge in [-0.15, -0.1) is 0 Å². The summed E-state index contributed by atoms with van der Waals surface area (Å²) in [6.07, 6.45) is 0. The van der Waals surface area contributed by atoms with Crippen molar-refractivity contribution >= 4 is 33.5 Å². The number of rotatable bonds is 3. The van der Waals surface area contributed by atoms with Gasteiger partial charge >= 0.3 is 5.97 Å². The van der Waals surface area contributed by atoms with Crippen molar-refractivity contribution < 1.29 is 19.2 Å². The first-order chi connectivity index (χ1) is 8.56. The summed E-state index contributed by atoms with van der Waals surface area (Å²) in [5.41, 5.74) is 0.485. The van der Waals surface area contributed by atoms with E-state index in [2.05, 4.69) is 30.9 Å². The maximum absolute atomic E-state index is 11.7. The van der Waals surface area contributed by atoms with Gasteiger partial charge in [0.25, 0.3) is 5.91 Å². The van der Waals surface area contributed by atoms with E-state index in [4.69, 9.17) is 5.11 Å². The van der Waals surface area contributed by atoms with Gasteiger partial charge in [-0.2, -0.15) is 0 Å². The van der Waals surface area contributed by atoms with Gasteiger partial charge in [-0.1, -0.05) is 21.1 Å². The molecule has 92 valence electrons. The first-order valence-corrected chi connectivity index (χ1v) is 5.62. The van der Waals surface area contributed by atoms with Crippen LogP contribution in [-0.2, 0) is 0 Å². The van der Waals surface area contributed by atoms with Crippen LogP contribution in [-0.4, -0.2) is 22.1 Å². The van der Waals surface area contributed by atoms with Gasteiger partial charge in [-0.05, 0) is 24.3 Å². The third kappa shape index (κ3) is 2.75. The summed E-state index contributed by atoms with van der Waals surface area (Å²) in [5, 5.41) is 14.6. The molecule has 1 amide bonds. The number of benzene rings is 1. The van der Waals surface area contributed by atoms with E-state index in [1.54, 1.807) is 24.3 Å². The number of aromatic nitrogens is 1. The van der Waals surface area contributed by atoms with Crippen LogP contribution >= 0.6 is 15.9 Å². The molecule has 0 bridgehead atoms. The molecule has 0 spiro atoms. The minimum atomic E-state index is -1.27. The SMILES string of the molecule is O=C(Nc1ccc(Br)cc1)c1cc(C(=O)O)on1. The Balaban J connectivity index is 2.11. The number of carbonyl (C=O) groups excluding carboxylic acids is 1. The summed E-state index contributed by atoms with van der Waals surface area (Å²) < 4.78 is 5.37. The van der Waals surface area contributed by atoms with Gasteiger partial charge in [0.2, 0.25) is 5.76 Å². The lowest BCUT2D eigenvalue weighted by Crippen LogP contribution is -2.12. The molecule has 2 aromatic rings. The molecule has 1 aromatic carbocycles. The molecule has 2 N–H and O–H groups in total. The molecule has 0 radical (unpaired) electrons. The van der Waals surface area contributed by atoms with Crippen molar-refractivity contribution in [3.05, 3.63) is 46.3 Å². The monoisotopic (exact) mass is 310 g/mol. The fraction of sp³-hybridized carbons (Fsp3) is 0. The highest BCUT2D eigenvalue weighted by molar-refractivity contribution is 9.10. The van der Waals surface area contributed by atoms with Gasteiger partial charge in [-0.3, -0.25) is 4.79 Å². The van der Waals surface area contributed by atoms with Crippen molar-refractivity contribution in [3.63, 3.8) is 0 Å². The molecule has 0 aliphatic rings. The molecular weight excluding hydrogens is 304 g/mol. The number of hydrogen-bond acceptors (Lipinski definition) is 4. The highest BCUT2D eigenvalue weighted by atomic mass is 79.9. The minimum Gasteiger partial charge on any atom is -0.475 e. The molecule has 0 aliphatic heterocycles. The second-order valence-corrected chi connectivity index (χ2v) is 4.26. The molecule has 6 nitrogen and oxygen atoms in total. The Morgan fingerprint density at radius 1 is 1.28 bits per heavy atom. The molecule has 0 atom stereocenters. The molecule has 7 heteroatoms. The molecule has 0 unspecified atom stereocenters. The first kappa shape index (κ1) is 12.3. The number of carbonyl (C=O) groups is 2. The standard InChI is InChI=1S/C11H7BrN2O4/c12-6-1-3-7(4-2-6)13-10(15)8-5-9(11(16)17)18-14-8/h1-5H,(H,13,15)(H,16,17). The number of halogens is 1. The van der Waals surface area contributed by atoms with Crippen LogP contribution in [0.4, 0.5) is 5.69 Å². The number of carboxylic acid groups (broad SMARTS) is 1. The largest absolute Gasteiger partial charge is 0.475 e. The Bertz CT molecular complexity index is 591. The summed E-state index contributed by atoms with van der Waals surface area (Å²) in [4.78, 5) is 22.3. The van der Waals surface area contributed by atoms with Crippen molar-refractivity contribution in [1.29, 1.82) is 0 Å². The van der Waals surface area contributed by atoms with Crippen molar-refractivity contribution in [2.45, 2.75) is 0 Å². The third-order valence-corrected chi connectivity index (χ3v) is 2.58. The summed E-state index contributed by atoms with van der Waals surface area (Å²) in [6, 6.07) is 7.99. The lowest BCUT2D eigenvalue weighted by atomic mass is 10.3. The Kier molecular flexibility index (Phi) is 3.42. The normalized spacial score (nSPS) is 10.1. The van der Waals surface area contributed by atoms with Gasteiger partial charge in [0.05, 0.1) is 0 Å². The number of nitrogens with one attached hydrogen (secondary N) is 1. The lowest BCUT2D eigenvalue weighted by molar-refractivity contribution is 0.0651. The Labute approximate surface area is 110 Å². The fourth-order valence-corrected chi connectivity index (χ4v) is 1.48. The Morgan fingerprint density at radius 3 is 2.50 bits per heavy atom. The van der Waals surface area contributed by atoms with Gasteiger partial charge in [0, 0.05) is 16.2 Å². The molecule has 1 aromatic heterocycles. The van der Waals surface area contributed by atoms with Crippen molar-refractivity contribution in [2.24, 2.45) is 0 Å². The van der Waals surface area contributed by atoms with E-state index in [9.17, 15) is 9.59 Å². The van der Waals surface area contributed by atoms with E-state index in [0.717, 1.165) is 10.5 Å². The zero-order valence-electron chi connectivity index (χ0n) is 8.88. The average Bonchev–Trinajstić information content (AvgIpc) is 2.81. The van der Waals surface area contributed by atoms with Crippen LogP contribution in [0.25, 0.3) is 0 Å². The first-order valence-electron chi connectivity index (χ1n) is 4.83. The second-order valence-electron chi connectivity index (χ2n) is 3.34. The summed E-state index contributed by atoms with van der Waals surface area (Å²) >= 11 is 3.27. The predicted octanol–water partition coefficient (Wildman–Crippen LogP) is 2.39. The number of hydrogen-bond donors (Lipinski definition) is 2. The maximum atomic E-state index is 11.7. The van der Waals surface area contributed by atoms with E-state index in [0.29, 0.717) is 5.69 Å². The highest BCUT2D eigenvalue weighted by Crippen LogP contribution is 2.15. The summed E-state index contributed by atoms with van der Waals surface area (Å²) in [5.74, 6) is -2.19. The Morgan fingerprint density at radius 2 is 1.94 bits per heavy atom. The summed E-state index contributed by atoms with van der Waals surface area (Å²) in [7, 11) is 0. The molecule has 1 heterocycles. The second kappa shape index (κ2) is 5.01. The van der Waals surface area contributed by atoms with E-state index in [1.165, 1.54) is 0 Å². The van der Waals surface area contributed by atoms with E-state index < -0.39 is 11.9 Å². The van der Waals surface area contributed by atoms with Crippen LogP contribution in [0, 0.1) is 0 Å². The number of anilines is 1. The van der Waals surface area contributed by atoms with Crippen LogP contribution < -0.4 is 5.32 Å². The van der Waals surface area contributed by atoms with Crippen molar-refractivity contribution in [3.8, 4) is 0 Å². The van der Waals surface area contributed by atoms with Crippen LogP contribution in [0.1, 0.15) is 21.0 Å². The van der Waals surface area contributed by atoms with Gasteiger partial charge in [0.15, 0.2) is 5.69 Å². The molecular formula is C11H7BrN2O4. The van der Waals surface area contributed by atoms with Crippen LogP contribution in [0.5, 0.6) is 0 Å². The quantitative estimate of drug-likeness (QED) is 0.908. The lowest BCUT2D eigenvalue weighted by Gasteiger charge is -2.01. The zero-order valence-corrected chi connectivity index (χ0v) is 10.5. The molecule has 18 heavy (non-hydrogen) atoms. The van der Waals surface area contributed by atoms with Gasteiger partial charge < -0.3 is 14.9 Å². The molecule has 0 saturated carbocycles. The number of aromatic carboxylic acids is 1. The maximum Gasteiger partial charge on any atom is 0.374 e. The smallest absolute Gasteiger partial charge is 0.374 e.